The zero-order valence-electron chi connectivity index (χ0n) is 12.7. The summed E-state index contributed by atoms with van der Waals surface area (Å²) in [5.41, 5.74) is 0. The zero-order valence-corrected chi connectivity index (χ0v) is 12.7. The summed E-state index contributed by atoms with van der Waals surface area (Å²) in [6, 6.07) is 8.07. The monoisotopic (exact) mass is 302 g/mol. The lowest BCUT2D eigenvalue weighted by atomic mass is 9.99. The predicted molar refractivity (Wildman–Crippen MR) is 82.1 cm³/mol. The quantitative estimate of drug-likeness (QED) is 0.789. The summed E-state index contributed by atoms with van der Waals surface area (Å²) in [5.74, 6) is 1.46. The molecule has 0 N–H and O–H groups in total. The van der Waals surface area contributed by atoms with Crippen LogP contribution < -0.4 is 9.47 Å². The van der Waals surface area contributed by atoms with Gasteiger partial charge in [0.25, 0.3) is 5.91 Å². The Hall–Kier alpha value is -1.75. The van der Waals surface area contributed by atoms with E-state index in [1.165, 1.54) is 25.8 Å². The molecule has 0 aliphatic carbocycles. The molecule has 3 heterocycles. The Kier molecular flexibility index (Phi) is 3.66. The average Bonchev–Trinajstić information content (AvgIpc) is 2.60. The lowest BCUT2D eigenvalue weighted by Gasteiger charge is -2.44. The molecule has 0 unspecified atom stereocenters. The van der Waals surface area contributed by atoms with Gasteiger partial charge < -0.3 is 14.4 Å². The van der Waals surface area contributed by atoms with Crippen molar-refractivity contribution in [3.05, 3.63) is 24.3 Å². The van der Waals surface area contributed by atoms with E-state index in [0.29, 0.717) is 18.4 Å². The highest BCUT2D eigenvalue weighted by molar-refractivity contribution is 5.82. The van der Waals surface area contributed by atoms with Crippen molar-refractivity contribution in [3.8, 4) is 11.5 Å². The molecule has 1 aromatic carbocycles. The third-order valence-corrected chi connectivity index (χ3v) is 4.93. The Balaban J connectivity index is 1.42. The number of benzene rings is 1. The van der Waals surface area contributed by atoms with Crippen LogP contribution in [0, 0.1) is 0 Å². The molecule has 0 bridgehead atoms. The zero-order chi connectivity index (χ0) is 14.9. The molecular weight excluding hydrogens is 280 g/mol. The molecule has 0 aromatic heterocycles. The van der Waals surface area contributed by atoms with E-state index in [1.54, 1.807) is 0 Å². The second-order valence-electron chi connectivity index (χ2n) is 6.33. The van der Waals surface area contributed by atoms with Crippen LogP contribution in [0.2, 0.25) is 0 Å². The summed E-state index contributed by atoms with van der Waals surface area (Å²) < 4.78 is 11.5. The van der Waals surface area contributed by atoms with Gasteiger partial charge in [0.1, 0.15) is 6.61 Å². The minimum Gasteiger partial charge on any atom is -0.485 e. The SMILES string of the molecule is O=C([C@@H]1COc2ccccc2O1)N1CCN2CCCC[C@@H]2C1. The van der Waals surface area contributed by atoms with E-state index in [4.69, 9.17) is 9.47 Å². The molecule has 3 aliphatic heterocycles. The van der Waals surface area contributed by atoms with Crippen LogP contribution in [-0.4, -0.2) is 60.6 Å². The Morgan fingerprint density at radius 3 is 2.86 bits per heavy atom. The van der Waals surface area contributed by atoms with E-state index < -0.39 is 6.10 Å². The number of carbonyl (C=O) groups excluding carboxylic acids is 1. The van der Waals surface area contributed by atoms with E-state index in [1.807, 2.05) is 29.2 Å². The fourth-order valence-electron chi connectivity index (χ4n) is 3.70. The Labute approximate surface area is 130 Å². The number of piperidine rings is 1. The van der Waals surface area contributed by atoms with Crippen LogP contribution in [0.4, 0.5) is 0 Å². The summed E-state index contributed by atoms with van der Waals surface area (Å²) in [6.07, 6.45) is 3.26. The van der Waals surface area contributed by atoms with Crippen molar-refractivity contribution in [2.45, 2.75) is 31.4 Å². The number of nitrogens with zero attached hydrogens (tertiary/aromatic N) is 2. The lowest BCUT2D eigenvalue weighted by Crippen LogP contribution is -2.59. The summed E-state index contributed by atoms with van der Waals surface area (Å²) in [4.78, 5) is 17.2. The van der Waals surface area contributed by atoms with Crippen molar-refractivity contribution in [2.75, 3.05) is 32.8 Å². The smallest absolute Gasteiger partial charge is 0.267 e. The van der Waals surface area contributed by atoms with E-state index in [-0.39, 0.29) is 5.91 Å². The topological polar surface area (TPSA) is 42.0 Å². The molecule has 0 spiro atoms. The van der Waals surface area contributed by atoms with Crippen LogP contribution in [0.1, 0.15) is 19.3 Å². The van der Waals surface area contributed by atoms with Crippen LogP contribution in [-0.2, 0) is 4.79 Å². The molecule has 5 heteroatoms. The Bertz CT molecular complexity index is 563. The molecule has 118 valence electrons. The molecule has 0 radical (unpaired) electrons. The van der Waals surface area contributed by atoms with Crippen molar-refractivity contribution >= 4 is 5.91 Å². The van der Waals surface area contributed by atoms with Crippen LogP contribution in [0.15, 0.2) is 24.3 Å². The van der Waals surface area contributed by atoms with Gasteiger partial charge in [0, 0.05) is 25.7 Å². The fraction of sp³-hybridized carbons (Fsp3) is 0.588. The van der Waals surface area contributed by atoms with Crippen molar-refractivity contribution < 1.29 is 14.3 Å². The largest absolute Gasteiger partial charge is 0.485 e. The first-order chi connectivity index (χ1) is 10.8. The van der Waals surface area contributed by atoms with Crippen LogP contribution in [0.3, 0.4) is 0 Å². The van der Waals surface area contributed by atoms with Gasteiger partial charge in [-0.05, 0) is 31.5 Å². The summed E-state index contributed by atoms with van der Waals surface area (Å²) in [5, 5.41) is 0. The third-order valence-electron chi connectivity index (χ3n) is 4.93. The van der Waals surface area contributed by atoms with E-state index in [0.717, 1.165) is 25.4 Å². The van der Waals surface area contributed by atoms with Gasteiger partial charge in [-0.2, -0.15) is 0 Å². The van der Waals surface area contributed by atoms with Crippen molar-refractivity contribution in [2.24, 2.45) is 0 Å². The van der Waals surface area contributed by atoms with Gasteiger partial charge >= 0.3 is 0 Å². The lowest BCUT2D eigenvalue weighted by molar-refractivity contribution is -0.144. The van der Waals surface area contributed by atoms with Crippen molar-refractivity contribution in [1.82, 2.24) is 9.80 Å². The number of rotatable bonds is 1. The summed E-state index contributed by atoms with van der Waals surface area (Å²) in [7, 11) is 0. The predicted octanol–water partition coefficient (Wildman–Crippen LogP) is 1.52. The number of ether oxygens (including phenoxy) is 2. The maximum Gasteiger partial charge on any atom is 0.267 e. The van der Waals surface area contributed by atoms with Crippen molar-refractivity contribution in [1.29, 1.82) is 0 Å². The number of piperazine rings is 1. The second-order valence-corrected chi connectivity index (χ2v) is 6.33. The van der Waals surface area contributed by atoms with Gasteiger partial charge in [0.05, 0.1) is 0 Å². The van der Waals surface area contributed by atoms with Gasteiger partial charge in [0.2, 0.25) is 6.10 Å². The molecule has 2 saturated heterocycles. The summed E-state index contributed by atoms with van der Waals surface area (Å²) >= 11 is 0. The van der Waals surface area contributed by atoms with Crippen molar-refractivity contribution in [3.63, 3.8) is 0 Å². The van der Waals surface area contributed by atoms with Gasteiger partial charge in [-0.1, -0.05) is 18.6 Å². The Morgan fingerprint density at radius 1 is 1.09 bits per heavy atom. The Morgan fingerprint density at radius 2 is 1.95 bits per heavy atom. The first-order valence-corrected chi connectivity index (χ1v) is 8.22. The van der Waals surface area contributed by atoms with Gasteiger partial charge in [-0.3, -0.25) is 9.69 Å². The minimum absolute atomic E-state index is 0.0692. The first-order valence-electron chi connectivity index (χ1n) is 8.22. The molecular formula is C17H22N2O3. The van der Waals surface area contributed by atoms with Gasteiger partial charge in [0.15, 0.2) is 11.5 Å². The number of para-hydroxylation sites is 2. The number of hydrogen-bond donors (Lipinski definition) is 0. The highest BCUT2D eigenvalue weighted by Gasteiger charge is 2.36. The molecule has 2 fully saturated rings. The fourth-order valence-corrected chi connectivity index (χ4v) is 3.70. The number of hydrogen-bond acceptors (Lipinski definition) is 4. The molecule has 1 aromatic rings. The highest BCUT2D eigenvalue weighted by atomic mass is 16.6. The second kappa shape index (κ2) is 5.80. The first kappa shape index (κ1) is 13.9. The summed E-state index contributed by atoms with van der Waals surface area (Å²) in [6.45, 7) is 4.11. The average molecular weight is 302 g/mol. The van der Waals surface area contributed by atoms with E-state index >= 15 is 0 Å². The standard InChI is InChI=1S/C17H22N2O3/c20-17(16-12-21-14-6-1-2-7-15(14)22-16)19-10-9-18-8-4-3-5-13(18)11-19/h1-2,6-7,13,16H,3-5,8-12H2/t13-,16+/m1/s1. The molecule has 22 heavy (non-hydrogen) atoms. The van der Waals surface area contributed by atoms with Gasteiger partial charge in [-0.25, -0.2) is 0 Å². The highest BCUT2D eigenvalue weighted by Crippen LogP contribution is 2.31. The molecule has 4 rings (SSSR count). The molecule has 3 aliphatic rings. The van der Waals surface area contributed by atoms with Crippen LogP contribution in [0.25, 0.3) is 0 Å². The maximum atomic E-state index is 12.7. The van der Waals surface area contributed by atoms with E-state index in [2.05, 4.69) is 4.90 Å². The van der Waals surface area contributed by atoms with Crippen LogP contribution >= 0.6 is 0 Å². The van der Waals surface area contributed by atoms with Crippen LogP contribution in [0.5, 0.6) is 11.5 Å². The minimum atomic E-state index is -0.509. The molecule has 0 saturated carbocycles. The third kappa shape index (κ3) is 2.54. The number of amides is 1. The normalized spacial score (nSPS) is 28.1. The number of fused-ring (bicyclic) bond motifs is 2. The molecule has 5 nitrogen and oxygen atoms in total. The molecule has 2 atom stereocenters. The van der Waals surface area contributed by atoms with Gasteiger partial charge in [-0.15, -0.1) is 0 Å². The molecule has 1 amide bonds. The maximum absolute atomic E-state index is 12.7. The van der Waals surface area contributed by atoms with E-state index in [9.17, 15) is 4.79 Å². The number of carbonyl (C=O) groups is 1.